The monoisotopic (exact) mass is 246 g/mol. The molecule has 0 saturated carbocycles. The summed E-state index contributed by atoms with van der Waals surface area (Å²) in [5, 5.41) is 7.79. The first-order valence-corrected chi connectivity index (χ1v) is 6.44. The summed E-state index contributed by atoms with van der Waals surface area (Å²) in [4.78, 5) is 4.47. The van der Waals surface area contributed by atoms with Gasteiger partial charge < -0.3 is 10.1 Å². The number of hydrogen-bond acceptors (Lipinski definition) is 4. The molecule has 0 spiro atoms. The number of pyridine rings is 1. The van der Waals surface area contributed by atoms with Crippen molar-refractivity contribution in [3.05, 3.63) is 23.9 Å². The van der Waals surface area contributed by atoms with Crippen LogP contribution in [-0.2, 0) is 4.74 Å². The predicted molar refractivity (Wildman–Crippen MR) is 69.8 cm³/mol. The van der Waals surface area contributed by atoms with Crippen molar-refractivity contribution in [3.8, 4) is 0 Å². The normalized spacial score (nSPS) is 21.3. The topological polar surface area (TPSA) is 51.5 Å². The first-order valence-electron chi connectivity index (χ1n) is 6.44. The molecule has 1 aliphatic rings. The SMILES string of the molecule is Cc1cccc2nc(NC(C)C3CCCO3)nn12. The Labute approximate surface area is 106 Å². The van der Waals surface area contributed by atoms with Gasteiger partial charge in [0.05, 0.1) is 12.1 Å². The van der Waals surface area contributed by atoms with Gasteiger partial charge in [0.2, 0.25) is 5.95 Å². The Morgan fingerprint density at radius 2 is 2.39 bits per heavy atom. The van der Waals surface area contributed by atoms with Crippen LogP contribution in [0.1, 0.15) is 25.5 Å². The van der Waals surface area contributed by atoms with E-state index in [9.17, 15) is 0 Å². The van der Waals surface area contributed by atoms with Gasteiger partial charge in [-0.3, -0.25) is 0 Å². The lowest BCUT2D eigenvalue weighted by Crippen LogP contribution is -2.30. The molecule has 2 aromatic heterocycles. The third-order valence-electron chi connectivity index (χ3n) is 3.43. The molecule has 18 heavy (non-hydrogen) atoms. The minimum Gasteiger partial charge on any atom is -0.376 e. The largest absolute Gasteiger partial charge is 0.376 e. The molecule has 0 bridgehead atoms. The van der Waals surface area contributed by atoms with Crippen LogP contribution in [0.4, 0.5) is 5.95 Å². The highest BCUT2D eigenvalue weighted by atomic mass is 16.5. The van der Waals surface area contributed by atoms with Crippen molar-refractivity contribution in [1.29, 1.82) is 0 Å². The average molecular weight is 246 g/mol. The molecule has 0 aromatic carbocycles. The lowest BCUT2D eigenvalue weighted by molar-refractivity contribution is 0.0994. The van der Waals surface area contributed by atoms with Crippen LogP contribution >= 0.6 is 0 Å². The van der Waals surface area contributed by atoms with Crippen molar-refractivity contribution >= 4 is 11.6 Å². The second kappa shape index (κ2) is 4.57. The minimum absolute atomic E-state index is 0.241. The Morgan fingerprint density at radius 3 is 3.11 bits per heavy atom. The van der Waals surface area contributed by atoms with Crippen LogP contribution in [0.5, 0.6) is 0 Å². The number of nitrogens with zero attached hydrogens (tertiary/aromatic N) is 3. The zero-order valence-corrected chi connectivity index (χ0v) is 10.8. The van der Waals surface area contributed by atoms with E-state index in [1.165, 1.54) is 0 Å². The van der Waals surface area contributed by atoms with E-state index < -0.39 is 0 Å². The van der Waals surface area contributed by atoms with Crippen molar-refractivity contribution in [2.75, 3.05) is 11.9 Å². The van der Waals surface area contributed by atoms with Gasteiger partial charge >= 0.3 is 0 Å². The van der Waals surface area contributed by atoms with Crippen molar-refractivity contribution < 1.29 is 4.74 Å². The van der Waals surface area contributed by atoms with Crippen molar-refractivity contribution in [3.63, 3.8) is 0 Å². The summed E-state index contributed by atoms with van der Waals surface area (Å²) in [6, 6.07) is 6.22. The van der Waals surface area contributed by atoms with Gasteiger partial charge in [-0.05, 0) is 38.8 Å². The number of aryl methyl sites for hydroxylation is 1. The smallest absolute Gasteiger partial charge is 0.243 e. The maximum atomic E-state index is 5.66. The first kappa shape index (κ1) is 11.5. The Morgan fingerprint density at radius 1 is 1.50 bits per heavy atom. The fourth-order valence-corrected chi connectivity index (χ4v) is 2.39. The Kier molecular flexibility index (Phi) is 2.91. The van der Waals surface area contributed by atoms with Crippen molar-refractivity contribution in [2.24, 2.45) is 0 Å². The summed E-state index contributed by atoms with van der Waals surface area (Å²) in [5.41, 5.74) is 1.95. The number of hydrogen-bond donors (Lipinski definition) is 1. The van der Waals surface area contributed by atoms with Gasteiger partial charge in [-0.15, -0.1) is 5.10 Å². The summed E-state index contributed by atoms with van der Waals surface area (Å²) in [6.45, 7) is 5.01. The minimum atomic E-state index is 0.241. The number of anilines is 1. The van der Waals surface area contributed by atoms with Crippen LogP contribution in [-0.4, -0.2) is 33.4 Å². The predicted octanol–water partition coefficient (Wildman–Crippen LogP) is 2.02. The third-order valence-corrected chi connectivity index (χ3v) is 3.43. The Balaban J connectivity index is 1.80. The Hall–Kier alpha value is -1.62. The van der Waals surface area contributed by atoms with Gasteiger partial charge in [0.1, 0.15) is 0 Å². The van der Waals surface area contributed by atoms with E-state index in [1.807, 2.05) is 29.6 Å². The average Bonchev–Trinajstić information content (AvgIpc) is 2.97. The van der Waals surface area contributed by atoms with E-state index in [-0.39, 0.29) is 12.1 Å². The summed E-state index contributed by atoms with van der Waals surface area (Å²) in [7, 11) is 0. The van der Waals surface area contributed by atoms with Crippen LogP contribution in [0.15, 0.2) is 18.2 Å². The second-order valence-electron chi connectivity index (χ2n) is 4.86. The molecule has 1 saturated heterocycles. The molecule has 5 nitrogen and oxygen atoms in total. The number of ether oxygens (including phenoxy) is 1. The first-order chi connectivity index (χ1) is 8.74. The van der Waals surface area contributed by atoms with Gasteiger partial charge in [-0.2, -0.15) is 4.98 Å². The lowest BCUT2D eigenvalue weighted by Gasteiger charge is -2.18. The van der Waals surface area contributed by atoms with E-state index in [4.69, 9.17) is 4.74 Å². The maximum absolute atomic E-state index is 5.66. The molecule has 2 aromatic rings. The standard InChI is InChI=1S/C13H18N4O/c1-9-5-3-7-12-15-13(16-17(9)12)14-10(2)11-6-4-8-18-11/h3,5,7,10-11H,4,6,8H2,1-2H3,(H,14,16). The van der Waals surface area contributed by atoms with E-state index in [2.05, 4.69) is 22.3 Å². The van der Waals surface area contributed by atoms with Gasteiger partial charge in [0.15, 0.2) is 5.65 Å². The highest BCUT2D eigenvalue weighted by molar-refractivity contribution is 5.44. The van der Waals surface area contributed by atoms with Crippen LogP contribution in [0, 0.1) is 6.92 Å². The molecule has 1 aliphatic heterocycles. The van der Waals surface area contributed by atoms with E-state index in [0.29, 0.717) is 5.95 Å². The van der Waals surface area contributed by atoms with Crippen molar-refractivity contribution in [2.45, 2.75) is 38.8 Å². The van der Waals surface area contributed by atoms with Crippen molar-refractivity contribution in [1.82, 2.24) is 14.6 Å². The molecule has 3 rings (SSSR count). The fraction of sp³-hybridized carbons (Fsp3) is 0.538. The highest BCUT2D eigenvalue weighted by Crippen LogP contribution is 2.18. The molecule has 96 valence electrons. The molecule has 2 unspecified atom stereocenters. The van der Waals surface area contributed by atoms with Gasteiger partial charge in [-0.1, -0.05) is 6.07 Å². The van der Waals surface area contributed by atoms with Crippen LogP contribution in [0.3, 0.4) is 0 Å². The molecular weight excluding hydrogens is 228 g/mol. The maximum Gasteiger partial charge on any atom is 0.243 e. The number of rotatable bonds is 3. The van der Waals surface area contributed by atoms with E-state index in [0.717, 1.165) is 30.8 Å². The summed E-state index contributed by atoms with van der Waals surface area (Å²) >= 11 is 0. The highest BCUT2D eigenvalue weighted by Gasteiger charge is 2.23. The molecule has 0 aliphatic carbocycles. The van der Waals surface area contributed by atoms with Gasteiger partial charge in [0.25, 0.3) is 0 Å². The van der Waals surface area contributed by atoms with E-state index in [1.54, 1.807) is 0 Å². The molecular formula is C13H18N4O. The van der Waals surface area contributed by atoms with Gasteiger partial charge in [0, 0.05) is 12.3 Å². The van der Waals surface area contributed by atoms with E-state index >= 15 is 0 Å². The molecule has 1 fully saturated rings. The molecule has 2 atom stereocenters. The summed E-state index contributed by atoms with van der Waals surface area (Å²) in [6.07, 6.45) is 2.53. The third kappa shape index (κ3) is 2.06. The molecule has 1 N–H and O–H groups in total. The fourth-order valence-electron chi connectivity index (χ4n) is 2.39. The van der Waals surface area contributed by atoms with Crippen LogP contribution in [0.2, 0.25) is 0 Å². The lowest BCUT2D eigenvalue weighted by atomic mass is 10.1. The zero-order valence-electron chi connectivity index (χ0n) is 10.8. The molecule has 5 heteroatoms. The molecule has 3 heterocycles. The molecule has 0 amide bonds. The quantitative estimate of drug-likeness (QED) is 0.900. The number of nitrogens with one attached hydrogen (secondary N) is 1. The van der Waals surface area contributed by atoms with Gasteiger partial charge in [-0.25, -0.2) is 4.52 Å². The van der Waals surface area contributed by atoms with Crippen LogP contribution in [0.25, 0.3) is 5.65 Å². The Bertz CT molecular complexity index is 545. The molecule has 0 radical (unpaired) electrons. The number of aromatic nitrogens is 3. The number of fused-ring (bicyclic) bond motifs is 1. The second-order valence-corrected chi connectivity index (χ2v) is 4.86. The summed E-state index contributed by atoms with van der Waals surface area (Å²) < 4.78 is 7.51. The summed E-state index contributed by atoms with van der Waals surface area (Å²) in [5.74, 6) is 0.673. The zero-order chi connectivity index (χ0) is 12.5. The van der Waals surface area contributed by atoms with Crippen LogP contribution < -0.4 is 5.32 Å².